The summed E-state index contributed by atoms with van der Waals surface area (Å²) >= 11 is 5.21. The number of hydrogen-bond donors (Lipinski definition) is 0. The first-order valence-electron chi connectivity index (χ1n) is 3.39. The van der Waals surface area contributed by atoms with E-state index in [0.29, 0.717) is 5.56 Å². The molecule has 0 spiro atoms. The summed E-state index contributed by atoms with van der Waals surface area (Å²) in [6, 6.07) is 4.91. The predicted molar refractivity (Wildman–Crippen MR) is 46.9 cm³/mol. The van der Waals surface area contributed by atoms with E-state index in [-0.39, 0.29) is 44.0 Å². The van der Waals surface area contributed by atoms with E-state index >= 15 is 0 Å². The number of benzene rings is 1. The minimum atomic E-state index is -0.699. The van der Waals surface area contributed by atoms with E-state index in [2.05, 4.69) is 6.07 Å². The van der Waals surface area contributed by atoms with Crippen molar-refractivity contribution in [1.82, 2.24) is 0 Å². The molecule has 0 aliphatic carbocycles. The second kappa shape index (κ2) is 5.54. The molecule has 0 aromatic heterocycles. The van der Waals surface area contributed by atoms with Crippen LogP contribution in [-0.2, 0) is 32.7 Å². The number of hydrogen-bond acceptors (Lipinski definition) is 3. The van der Waals surface area contributed by atoms with Crippen LogP contribution >= 0.6 is 11.6 Å². The number of nitrogens with zero attached hydrogens (tertiary/aromatic N) is 1. The molecule has 71 valence electrons. The molecule has 0 fully saturated rings. The van der Waals surface area contributed by atoms with Gasteiger partial charge < -0.3 is 0 Å². The molecule has 1 radical (unpaired) electrons. The summed E-state index contributed by atoms with van der Waals surface area (Å²) in [5.74, 6) is 0. The van der Waals surface area contributed by atoms with Gasteiger partial charge in [-0.1, -0.05) is 18.6 Å². The predicted octanol–water partition coefficient (Wildman–Crippen LogP) is 2.08. The molecule has 1 rings (SSSR count). The number of nitro groups is 1. The molecule has 0 amide bonds. The van der Waals surface area contributed by atoms with Gasteiger partial charge in [-0.15, -0.1) is 11.6 Å². The molecule has 0 unspecified atom stereocenters. The van der Waals surface area contributed by atoms with Crippen molar-refractivity contribution in [3.8, 4) is 0 Å². The van der Waals surface area contributed by atoms with Crippen LogP contribution in [0.15, 0.2) is 12.1 Å². The fourth-order valence-electron chi connectivity index (χ4n) is 0.869. The molecule has 0 aliphatic rings. The van der Waals surface area contributed by atoms with Gasteiger partial charge in [0.1, 0.15) is 0 Å². The largest absolute Gasteiger partial charge is 0.278 e. The van der Waals surface area contributed by atoms with Gasteiger partial charge in [-0.25, -0.2) is 0 Å². The zero-order valence-electron chi connectivity index (χ0n) is 7.28. The first-order chi connectivity index (χ1) is 6.02. The van der Waals surface area contributed by atoms with Gasteiger partial charge in [0.15, 0.2) is 5.69 Å². The van der Waals surface area contributed by atoms with E-state index in [1.165, 1.54) is 6.07 Å². The molecule has 0 bridgehead atoms. The van der Waals surface area contributed by atoms with Gasteiger partial charge in [-0.2, -0.15) is 6.07 Å². The van der Waals surface area contributed by atoms with Crippen molar-refractivity contribution in [2.75, 3.05) is 0 Å². The van der Waals surface area contributed by atoms with Crippen molar-refractivity contribution in [2.45, 2.75) is 6.92 Å². The fraction of sp³-hybridized carbons (Fsp3) is 0.125. The number of carbonyl (C=O) groups is 1. The summed E-state index contributed by atoms with van der Waals surface area (Å²) in [4.78, 5) is 20.5. The van der Waals surface area contributed by atoms with Crippen molar-refractivity contribution in [2.24, 2.45) is 0 Å². The second-order valence-electron chi connectivity index (χ2n) is 2.45. The van der Waals surface area contributed by atoms with Crippen LogP contribution in [0.3, 0.4) is 0 Å². The standard InChI is InChI=1S/C8H5ClNO3.Y/c1-5-2-3-6(10(12)13)4-7(5)8(9)11;/h2,4H,1H3;/q-1;. The molecule has 0 saturated carbocycles. The number of nitro benzene ring substituents is 1. The summed E-state index contributed by atoms with van der Waals surface area (Å²) in [6.45, 7) is 1.63. The zero-order chi connectivity index (χ0) is 10.0. The Morgan fingerprint density at radius 2 is 2.21 bits per heavy atom. The number of aryl methyl sites for hydroxylation is 1. The third-order valence-electron chi connectivity index (χ3n) is 1.55. The molecule has 14 heavy (non-hydrogen) atoms. The zero-order valence-corrected chi connectivity index (χ0v) is 10.9. The summed E-state index contributed by atoms with van der Waals surface area (Å²) in [5.41, 5.74) is 0.465. The molecule has 1 aromatic carbocycles. The van der Waals surface area contributed by atoms with Crippen LogP contribution in [0.25, 0.3) is 0 Å². The molecule has 0 heterocycles. The Morgan fingerprint density at radius 3 is 2.64 bits per heavy atom. The van der Waals surface area contributed by atoms with Gasteiger partial charge in [-0.3, -0.25) is 14.9 Å². The van der Waals surface area contributed by atoms with Crippen molar-refractivity contribution in [1.29, 1.82) is 0 Å². The summed E-state index contributed by atoms with van der Waals surface area (Å²) < 4.78 is 0. The molecule has 1 aromatic rings. The van der Waals surface area contributed by atoms with Crippen molar-refractivity contribution >= 4 is 22.5 Å². The second-order valence-corrected chi connectivity index (χ2v) is 2.79. The van der Waals surface area contributed by atoms with Crippen LogP contribution in [0.2, 0.25) is 0 Å². The number of non-ortho nitro benzene ring substituents is 1. The molecular formula is C8H5ClNO3Y-. The molecule has 0 saturated heterocycles. The third-order valence-corrected chi connectivity index (χ3v) is 1.75. The van der Waals surface area contributed by atoms with Crippen LogP contribution in [0.4, 0.5) is 5.69 Å². The minimum absolute atomic E-state index is 0. The van der Waals surface area contributed by atoms with E-state index in [0.717, 1.165) is 6.07 Å². The Morgan fingerprint density at radius 1 is 1.64 bits per heavy atom. The van der Waals surface area contributed by atoms with E-state index in [9.17, 15) is 14.9 Å². The molecule has 0 aliphatic heterocycles. The van der Waals surface area contributed by atoms with Crippen molar-refractivity contribution in [3.05, 3.63) is 39.4 Å². The Balaban J connectivity index is 0.00000169. The molecule has 0 N–H and O–H groups in total. The average Bonchev–Trinajstić information content (AvgIpc) is 2.04. The maximum absolute atomic E-state index is 10.8. The quantitative estimate of drug-likeness (QED) is 0.362. The summed E-state index contributed by atoms with van der Waals surface area (Å²) in [7, 11) is 0. The van der Waals surface area contributed by atoms with Gasteiger partial charge in [0.2, 0.25) is 5.24 Å². The van der Waals surface area contributed by atoms with E-state index in [1.807, 2.05) is 0 Å². The van der Waals surface area contributed by atoms with E-state index < -0.39 is 10.2 Å². The van der Waals surface area contributed by atoms with Gasteiger partial charge in [0, 0.05) is 37.6 Å². The van der Waals surface area contributed by atoms with Gasteiger partial charge in [0.25, 0.3) is 0 Å². The average molecular weight is 287 g/mol. The SMILES string of the molecule is Cc1c[c-]c([N+](=O)[O-])cc1C(=O)Cl.[Y]. The monoisotopic (exact) mass is 287 g/mol. The number of carbonyl (C=O) groups excluding carboxylic acids is 1. The molecule has 0 atom stereocenters. The fourth-order valence-corrected chi connectivity index (χ4v) is 1.07. The normalized spacial score (nSPS) is 9.00. The number of rotatable bonds is 2. The Kier molecular flexibility index (Phi) is 5.41. The Labute approximate surface area is 111 Å². The third kappa shape index (κ3) is 3.12. The maximum Gasteiger partial charge on any atom is 0.228 e. The van der Waals surface area contributed by atoms with E-state index in [4.69, 9.17) is 11.6 Å². The first-order valence-corrected chi connectivity index (χ1v) is 3.76. The van der Waals surface area contributed by atoms with Crippen LogP contribution in [0.5, 0.6) is 0 Å². The smallest absolute Gasteiger partial charge is 0.228 e. The van der Waals surface area contributed by atoms with Gasteiger partial charge >= 0.3 is 0 Å². The molecule has 4 nitrogen and oxygen atoms in total. The molecule has 6 heteroatoms. The summed E-state index contributed by atoms with van der Waals surface area (Å²) in [5, 5.41) is 9.61. The van der Waals surface area contributed by atoms with Gasteiger partial charge in [-0.05, 0) is 11.6 Å². The maximum atomic E-state index is 10.8. The van der Waals surface area contributed by atoms with Crippen LogP contribution in [-0.4, -0.2) is 10.2 Å². The Bertz CT molecular complexity index is 381. The Hall–Kier alpha value is -0.316. The minimum Gasteiger partial charge on any atom is -0.278 e. The van der Waals surface area contributed by atoms with Crippen molar-refractivity contribution in [3.63, 3.8) is 0 Å². The van der Waals surface area contributed by atoms with Crippen LogP contribution in [0, 0.1) is 23.1 Å². The summed E-state index contributed by atoms with van der Waals surface area (Å²) in [6.07, 6.45) is 0. The first kappa shape index (κ1) is 13.7. The van der Waals surface area contributed by atoms with E-state index in [1.54, 1.807) is 6.92 Å². The van der Waals surface area contributed by atoms with Crippen LogP contribution in [0.1, 0.15) is 15.9 Å². The molecular weight excluding hydrogens is 282 g/mol. The van der Waals surface area contributed by atoms with Gasteiger partial charge in [0.05, 0.1) is 0 Å². The number of halogens is 1. The van der Waals surface area contributed by atoms with Crippen molar-refractivity contribution < 1.29 is 42.4 Å². The topological polar surface area (TPSA) is 60.2 Å². The van der Waals surface area contributed by atoms with Crippen LogP contribution < -0.4 is 0 Å².